The molecule has 3 aromatic rings. The second kappa shape index (κ2) is 10.9. The summed E-state index contributed by atoms with van der Waals surface area (Å²) < 4.78 is 1.90. The van der Waals surface area contributed by atoms with Crippen LogP contribution in [0.1, 0.15) is 44.2 Å². The highest BCUT2D eigenvalue weighted by Gasteiger charge is 2.42. The lowest BCUT2D eigenvalue weighted by Gasteiger charge is -2.42. The first-order valence-electron chi connectivity index (χ1n) is 13.9. The number of nitrogens with zero attached hydrogens (tertiary/aromatic N) is 7. The Morgan fingerprint density at radius 3 is 2.53 bits per heavy atom. The number of benzene rings is 1. The number of pyridine rings is 1. The molecule has 3 N–H and O–H groups in total. The lowest BCUT2D eigenvalue weighted by atomic mass is 10.1. The number of anilines is 2. The van der Waals surface area contributed by atoms with Crippen LogP contribution in [0.4, 0.5) is 11.6 Å². The Kier molecular flexibility index (Phi) is 7.09. The van der Waals surface area contributed by atoms with Crippen molar-refractivity contribution in [3.8, 4) is 17.0 Å². The number of para-hydroxylation sites is 1. The molecule has 0 saturated carbocycles. The number of nitrogens with two attached hydrogens (primary N) is 1. The Morgan fingerprint density at radius 2 is 1.76 bits per heavy atom. The summed E-state index contributed by atoms with van der Waals surface area (Å²) in [6, 6.07) is 12.3. The molecule has 6 rings (SSSR count). The zero-order valence-corrected chi connectivity index (χ0v) is 21.9. The monoisotopic (exact) mass is 513 g/mol. The van der Waals surface area contributed by atoms with Gasteiger partial charge in [-0.2, -0.15) is 0 Å². The topological polar surface area (TPSA) is 98.5 Å². The van der Waals surface area contributed by atoms with Crippen LogP contribution >= 0.6 is 0 Å². The maximum Gasteiger partial charge on any atom is 0.434 e. The third-order valence-corrected chi connectivity index (χ3v) is 8.10. The van der Waals surface area contributed by atoms with Crippen LogP contribution in [0.5, 0.6) is 5.75 Å². The molecular formula is C29H37N8O+. The fourth-order valence-electron chi connectivity index (χ4n) is 6.21. The average molecular weight is 514 g/mol. The molecule has 0 aliphatic carbocycles. The second-order valence-electron chi connectivity index (χ2n) is 10.7. The molecule has 3 fully saturated rings. The van der Waals surface area contributed by atoms with Gasteiger partial charge >= 0.3 is 5.95 Å². The maximum atomic E-state index is 10.3. The lowest BCUT2D eigenvalue weighted by Crippen LogP contribution is -2.69. The van der Waals surface area contributed by atoms with E-state index in [1.54, 1.807) is 12.1 Å². The van der Waals surface area contributed by atoms with Crippen LogP contribution in [0.3, 0.4) is 0 Å². The maximum absolute atomic E-state index is 10.3. The summed E-state index contributed by atoms with van der Waals surface area (Å²) in [6.07, 6.45) is 15.9. The van der Waals surface area contributed by atoms with Crippen LogP contribution in [-0.4, -0.2) is 70.0 Å². The average Bonchev–Trinajstić information content (AvgIpc) is 3.09. The molecule has 3 saturated heterocycles. The van der Waals surface area contributed by atoms with Crippen molar-refractivity contribution in [2.75, 3.05) is 48.4 Å². The Balaban J connectivity index is 1.16. The largest absolute Gasteiger partial charge is 0.507 e. The molecule has 3 aliphatic rings. The number of piperazine rings is 1. The number of phenolic OH excluding ortho intramolecular Hbond substituents is 1. The molecule has 38 heavy (non-hydrogen) atoms. The fourth-order valence-corrected chi connectivity index (χ4v) is 6.21. The Labute approximate surface area is 224 Å². The third-order valence-electron chi connectivity index (χ3n) is 8.10. The van der Waals surface area contributed by atoms with E-state index in [2.05, 4.69) is 54.3 Å². The van der Waals surface area contributed by atoms with Gasteiger partial charge in [0.05, 0.1) is 18.8 Å². The highest BCUT2D eigenvalue weighted by molar-refractivity contribution is 5.65. The Hall–Kier alpha value is -3.72. The van der Waals surface area contributed by atoms with E-state index in [4.69, 9.17) is 5.73 Å². The summed E-state index contributed by atoms with van der Waals surface area (Å²) in [6.45, 7) is 5.07. The third kappa shape index (κ3) is 5.15. The normalized spacial score (nSPS) is 22.2. The lowest BCUT2D eigenvalue weighted by molar-refractivity contribution is -0.682. The molecule has 0 spiro atoms. The molecule has 0 amide bonds. The molecule has 3 aliphatic heterocycles. The van der Waals surface area contributed by atoms with Crippen LogP contribution in [0.15, 0.2) is 54.9 Å². The number of likely N-dealkylation sites (tertiary alicyclic amines) is 1. The first kappa shape index (κ1) is 24.6. The fraction of sp³-hybridized carbons (Fsp3) is 0.448. The van der Waals surface area contributed by atoms with E-state index in [0.29, 0.717) is 29.3 Å². The van der Waals surface area contributed by atoms with E-state index in [0.717, 1.165) is 38.2 Å². The Morgan fingerprint density at radius 1 is 1.00 bits per heavy atom. The van der Waals surface area contributed by atoms with Gasteiger partial charge in [-0.05, 0) is 69.1 Å². The molecule has 2 bridgehead atoms. The van der Waals surface area contributed by atoms with Gasteiger partial charge in [-0.25, -0.2) is 0 Å². The van der Waals surface area contributed by atoms with Crippen molar-refractivity contribution in [2.45, 2.75) is 50.6 Å². The van der Waals surface area contributed by atoms with E-state index >= 15 is 0 Å². The van der Waals surface area contributed by atoms with Crippen molar-refractivity contribution in [1.82, 2.24) is 20.1 Å². The number of hydrogen-bond acceptors (Lipinski definition) is 8. The predicted octanol–water partition coefficient (Wildman–Crippen LogP) is 2.99. The van der Waals surface area contributed by atoms with E-state index in [-0.39, 0.29) is 5.75 Å². The highest BCUT2D eigenvalue weighted by Crippen LogP contribution is 2.34. The van der Waals surface area contributed by atoms with Crippen molar-refractivity contribution in [1.29, 1.82) is 0 Å². The van der Waals surface area contributed by atoms with E-state index in [1.807, 2.05) is 29.2 Å². The SMILES string of the molecule is Nc1nnc(-c2ccccc2O)c[n+]1N1CC2CCC(C1)N2c1ccnc(/C=C/CN2CCCCCC2)c1. The smallest absolute Gasteiger partial charge is 0.434 e. The molecule has 9 nitrogen and oxygen atoms in total. The van der Waals surface area contributed by atoms with Crippen molar-refractivity contribution in [3.05, 3.63) is 60.6 Å². The first-order valence-corrected chi connectivity index (χ1v) is 13.9. The van der Waals surface area contributed by atoms with Gasteiger partial charge in [0.1, 0.15) is 17.6 Å². The molecule has 5 heterocycles. The van der Waals surface area contributed by atoms with Gasteiger partial charge in [-0.15, -0.1) is 4.68 Å². The minimum absolute atomic E-state index is 0.178. The Bertz CT molecular complexity index is 1280. The number of rotatable bonds is 6. The number of aromatic nitrogens is 4. The van der Waals surface area contributed by atoms with E-state index < -0.39 is 0 Å². The molecule has 2 unspecified atom stereocenters. The molecule has 2 aromatic heterocycles. The number of nitrogen functional groups attached to an aromatic ring is 1. The second-order valence-corrected chi connectivity index (χ2v) is 10.7. The van der Waals surface area contributed by atoms with Gasteiger partial charge in [0, 0.05) is 41.2 Å². The number of fused-ring (bicyclic) bond motifs is 2. The van der Waals surface area contributed by atoms with Crippen LogP contribution in [0, 0.1) is 0 Å². The molecule has 2 atom stereocenters. The standard InChI is InChI=1S/C29H36N8O/c30-29-33-32-27(26-9-3-4-10-28(26)38)21-36(29)35-19-24-11-12-25(20-35)37(24)23-13-14-31-22(18-23)8-7-17-34-15-5-1-2-6-16-34/h3-4,7-10,13-14,18,21,24-25,30,38H,1-2,5-6,11-12,15-17,19-20H2/p+1/b8-7+. The molecule has 0 radical (unpaired) electrons. The summed E-state index contributed by atoms with van der Waals surface area (Å²) in [5.41, 5.74) is 9.77. The van der Waals surface area contributed by atoms with Crippen molar-refractivity contribution in [3.63, 3.8) is 0 Å². The zero-order valence-electron chi connectivity index (χ0n) is 21.9. The molecule has 1 aromatic carbocycles. The summed E-state index contributed by atoms with van der Waals surface area (Å²) >= 11 is 0. The number of hydrogen-bond donors (Lipinski definition) is 2. The van der Waals surface area contributed by atoms with Crippen LogP contribution in [0.2, 0.25) is 0 Å². The summed E-state index contributed by atoms with van der Waals surface area (Å²) in [5.74, 6) is 0.523. The summed E-state index contributed by atoms with van der Waals surface area (Å²) in [5, 5.41) is 21.0. The number of aromatic hydroxyl groups is 1. The number of phenols is 1. The van der Waals surface area contributed by atoms with Gasteiger partial charge in [0.15, 0.2) is 0 Å². The van der Waals surface area contributed by atoms with E-state index in [9.17, 15) is 5.11 Å². The summed E-state index contributed by atoms with van der Waals surface area (Å²) in [4.78, 5) is 9.75. The van der Waals surface area contributed by atoms with Gasteiger partial charge < -0.3 is 10.0 Å². The van der Waals surface area contributed by atoms with Gasteiger partial charge in [-0.3, -0.25) is 20.6 Å². The zero-order chi connectivity index (χ0) is 25.9. The molecule has 198 valence electrons. The predicted molar refractivity (Wildman–Crippen MR) is 149 cm³/mol. The van der Waals surface area contributed by atoms with Crippen molar-refractivity contribution < 1.29 is 9.78 Å². The summed E-state index contributed by atoms with van der Waals surface area (Å²) in [7, 11) is 0. The minimum Gasteiger partial charge on any atom is -0.507 e. The quantitative estimate of drug-likeness (QED) is 0.486. The van der Waals surface area contributed by atoms with Crippen molar-refractivity contribution >= 4 is 17.7 Å². The minimum atomic E-state index is 0.178. The highest BCUT2D eigenvalue weighted by atomic mass is 16.3. The van der Waals surface area contributed by atoms with Crippen LogP contribution in [0.25, 0.3) is 17.3 Å². The van der Waals surface area contributed by atoms with E-state index in [1.165, 1.54) is 44.5 Å². The first-order chi connectivity index (χ1) is 18.7. The van der Waals surface area contributed by atoms with Gasteiger partial charge in [-0.1, -0.05) is 36.1 Å². The van der Waals surface area contributed by atoms with Crippen LogP contribution < -0.4 is 20.3 Å². The van der Waals surface area contributed by atoms with Crippen molar-refractivity contribution in [2.24, 2.45) is 0 Å². The molecule has 9 heteroatoms. The van der Waals surface area contributed by atoms with Gasteiger partial charge in [0.2, 0.25) is 0 Å². The molecular weight excluding hydrogens is 476 g/mol. The van der Waals surface area contributed by atoms with Crippen LogP contribution in [-0.2, 0) is 0 Å². The van der Waals surface area contributed by atoms with Gasteiger partial charge in [0.25, 0.3) is 0 Å².